The topological polar surface area (TPSA) is 118 Å². The van der Waals surface area contributed by atoms with Gasteiger partial charge in [-0.25, -0.2) is 32.7 Å². The number of rotatable bonds is 8. The summed E-state index contributed by atoms with van der Waals surface area (Å²) in [5.74, 6) is -6.48. The van der Waals surface area contributed by atoms with Crippen molar-refractivity contribution < 1.29 is 63.7 Å². The Morgan fingerprint density at radius 2 is 1.68 bits per heavy atom. The van der Waals surface area contributed by atoms with Gasteiger partial charge in [-0.2, -0.15) is 26.3 Å². The van der Waals surface area contributed by atoms with Gasteiger partial charge in [-0.05, 0) is 43.7 Å². The highest BCUT2D eigenvalue weighted by atomic mass is 19.4. The Morgan fingerprint density at radius 1 is 0.981 bits per heavy atom. The molecule has 0 aliphatic carbocycles. The largest absolute Gasteiger partial charge is 0.496 e. The van der Waals surface area contributed by atoms with E-state index in [1.165, 1.54) is 19.9 Å². The van der Waals surface area contributed by atoms with E-state index in [-0.39, 0.29) is 39.6 Å². The van der Waals surface area contributed by atoms with Crippen molar-refractivity contribution in [3.05, 3.63) is 88.1 Å². The number of aromatic nitrogens is 3. The molecule has 2 atom stereocenters. The summed E-state index contributed by atoms with van der Waals surface area (Å²) in [5.41, 5.74) is -4.69. The van der Waals surface area contributed by atoms with Crippen molar-refractivity contribution in [3.63, 3.8) is 0 Å². The second kappa shape index (κ2) is 13.1. The molecule has 6 rings (SSSR count). The first-order valence-electron chi connectivity index (χ1n) is 15.5. The molecule has 2 aliphatic rings. The van der Waals surface area contributed by atoms with Crippen LogP contribution in [0.3, 0.4) is 0 Å². The summed E-state index contributed by atoms with van der Waals surface area (Å²) in [5, 5.41) is 9.27. The maximum Gasteiger partial charge on any atom is 0.417 e. The molecule has 53 heavy (non-hydrogen) atoms. The number of carbonyl (C=O) groups is 2. The number of carbonyl (C=O) groups excluding carboxylic acids is 1. The quantitative estimate of drug-likeness (QED) is 0.179. The summed E-state index contributed by atoms with van der Waals surface area (Å²) in [6.07, 6.45) is -10.4. The summed E-state index contributed by atoms with van der Waals surface area (Å²) in [6.45, 7) is 1.01. The number of alkyl halides is 8. The SMILES string of the molecule is COc1cc(F)c(-c2cc(C(F)(F)F)c(C(=O)O)cn2)cc1-c1cnc(N2CC(F)(F)C2)nc1CN1C(=O)O[C@H](c2cc(C)cc(C(F)(F)F)c2)[C@@H]1C. The molecule has 4 aromatic rings. The van der Waals surface area contributed by atoms with Crippen LogP contribution in [0, 0.1) is 12.7 Å². The zero-order valence-corrected chi connectivity index (χ0v) is 27.6. The number of nitrogens with zero attached hydrogens (tertiary/aromatic N) is 5. The van der Waals surface area contributed by atoms with Gasteiger partial charge >= 0.3 is 24.4 Å². The van der Waals surface area contributed by atoms with E-state index in [1.807, 2.05) is 0 Å². The van der Waals surface area contributed by atoms with Crippen LogP contribution in [-0.2, 0) is 23.6 Å². The molecule has 2 aliphatic heterocycles. The fourth-order valence-corrected chi connectivity index (χ4v) is 6.16. The summed E-state index contributed by atoms with van der Waals surface area (Å²) in [4.78, 5) is 39.3. The molecule has 0 bridgehead atoms. The van der Waals surface area contributed by atoms with Gasteiger partial charge in [0, 0.05) is 35.2 Å². The molecule has 4 heterocycles. The van der Waals surface area contributed by atoms with E-state index in [0.717, 1.165) is 47.4 Å². The fraction of sp³-hybridized carbons (Fsp3) is 0.324. The summed E-state index contributed by atoms with van der Waals surface area (Å²) in [6, 6.07) is 4.51. The molecule has 2 saturated heterocycles. The lowest BCUT2D eigenvalue weighted by Crippen LogP contribution is -2.57. The molecule has 2 fully saturated rings. The molecule has 2 aromatic carbocycles. The molecule has 1 amide bonds. The predicted molar refractivity (Wildman–Crippen MR) is 167 cm³/mol. The number of carboxylic acids is 1. The van der Waals surface area contributed by atoms with Crippen LogP contribution < -0.4 is 9.64 Å². The fourth-order valence-electron chi connectivity index (χ4n) is 6.16. The number of benzene rings is 2. The van der Waals surface area contributed by atoms with Gasteiger partial charge in [-0.15, -0.1) is 0 Å². The summed E-state index contributed by atoms with van der Waals surface area (Å²) in [7, 11) is 1.15. The molecule has 280 valence electrons. The highest BCUT2D eigenvalue weighted by molar-refractivity contribution is 5.90. The number of aromatic carboxylic acids is 1. The molecular weight excluding hydrogens is 729 g/mol. The lowest BCUT2D eigenvalue weighted by Gasteiger charge is -2.38. The van der Waals surface area contributed by atoms with Crippen molar-refractivity contribution in [1.82, 2.24) is 19.9 Å². The molecular formula is C34H26F9N5O5. The van der Waals surface area contributed by atoms with Gasteiger partial charge in [-0.3, -0.25) is 9.88 Å². The zero-order valence-electron chi connectivity index (χ0n) is 27.6. The van der Waals surface area contributed by atoms with Crippen LogP contribution in [0.4, 0.5) is 50.3 Å². The number of pyridine rings is 1. The maximum atomic E-state index is 15.5. The van der Waals surface area contributed by atoms with Gasteiger partial charge in [0.2, 0.25) is 5.95 Å². The highest BCUT2D eigenvalue weighted by Crippen LogP contribution is 2.42. The molecule has 0 unspecified atom stereocenters. The first-order chi connectivity index (χ1) is 24.7. The number of aryl methyl sites for hydroxylation is 1. The van der Waals surface area contributed by atoms with E-state index in [2.05, 4.69) is 15.0 Å². The Morgan fingerprint density at radius 3 is 2.28 bits per heavy atom. The zero-order chi connectivity index (χ0) is 38.8. The normalized spacial score (nSPS) is 18.5. The minimum absolute atomic E-state index is 0.00398. The number of methoxy groups -OCH3 is 1. The van der Waals surface area contributed by atoms with Crippen LogP contribution in [0.25, 0.3) is 22.4 Å². The van der Waals surface area contributed by atoms with E-state index in [0.29, 0.717) is 12.3 Å². The monoisotopic (exact) mass is 755 g/mol. The van der Waals surface area contributed by atoms with E-state index in [1.54, 1.807) is 0 Å². The maximum absolute atomic E-state index is 15.5. The Labute approximate surface area is 293 Å². The van der Waals surface area contributed by atoms with Gasteiger partial charge < -0.3 is 19.5 Å². The lowest BCUT2D eigenvalue weighted by molar-refractivity contribution is -0.138. The van der Waals surface area contributed by atoms with E-state index >= 15 is 4.39 Å². The molecule has 19 heteroatoms. The van der Waals surface area contributed by atoms with Gasteiger partial charge in [0.25, 0.3) is 5.92 Å². The van der Waals surface area contributed by atoms with Crippen LogP contribution >= 0.6 is 0 Å². The summed E-state index contributed by atoms with van der Waals surface area (Å²) < 4.78 is 136. The second-order valence-corrected chi connectivity index (χ2v) is 12.5. The minimum atomic E-state index is -5.16. The predicted octanol–water partition coefficient (Wildman–Crippen LogP) is 7.93. The van der Waals surface area contributed by atoms with Crippen LogP contribution in [0.2, 0.25) is 0 Å². The van der Waals surface area contributed by atoms with E-state index in [4.69, 9.17) is 9.47 Å². The number of hydrogen-bond acceptors (Lipinski definition) is 8. The third kappa shape index (κ3) is 7.23. The first kappa shape index (κ1) is 37.1. The number of amides is 1. The number of hydrogen-bond donors (Lipinski definition) is 1. The summed E-state index contributed by atoms with van der Waals surface area (Å²) >= 11 is 0. The second-order valence-electron chi connectivity index (χ2n) is 12.5. The first-order valence-corrected chi connectivity index (χ1v) is 15.5. The Hall–Kier alpha value is -5.62. The number of carboxylic acid groups (broad SMARTS) is 1. The van der Waals surface area contributed by atoms with Crippen LogP contribution in [-0.4, -0.2) is 69.2 Å². The third-order valence-corrected chi connectivity index (χ3v) is 8.74. The molecule has 2 aromatic heterocycles. The third-order valence-electron chi connectivity index (χ3n) is 8.74. The van der Waals surface area contributed by atoms with Crippen molar-refractivity contribution in [2.24, 2.45) is 0 Å². The Balaban J connectivity index is 1.45. The number of cyclic esters (lactones) is 1. The molecule has 0 radical (unpaired) electrons. The van der Waals surface area contributed by atoms with Crippen molar-refractivity contribution >= 4 is 18.0 Å². The average Bonchev–Trinajstić information content (AvgIpc) is 3.34. The van der Waals surface area contributed by atoms with Gasteiger partial charge in [0.15, 0.2) is 0 Å². The number of halogens is 9. The van der Waals surface area contributed by atoms with Crippen molar-refractivity contribution in [1.29, 1.82) is 0 Å². The molecule has 10 nitrogen and oxygen atoms in total. The minimum Gasteiger partial charge on any atom is -0.496 e. The number of anilines is 1. The molecule has 0 saturated carbocycles. The Bertz CT molecular complexity index is 2120. The van der Waals surface area contributed by atoms with E-state index in [9.17, 15) is 49.8 Å². The average molecular weight is 756 g/mol. The lowest BCUT2D eigenvalue weighted by atomic mass is 9.97. The van der Waals surface area contributed by atoms with Gasteiger partial charge in [0.1, 0.15) is 17.7 Å². The molecule has 0 spiro atoms. The van der Waals surface area contributed by atoms with Crippen molar-refractivity contribution in [2.45, 2.75) is 50.8 Å². The van der Waals surface area contributed by atoms with Crippen LogP contribution in [0.5, 0.6) is 5.75 Å². The smallest absolute Gasteiger partial charge is 0.417 e. The van der Waals surface area contributed by atoms with Gasteiger partial charge in [0.05, 0.1) is 60.9 Å². The van der Waals surface area contributed by atoms with Crippen LogP contribution in [0.1, 0.15) is 51.3 Å². The van der Waals surface area contributed by atoms with Gasteiger partial charge in [-0.1, -0.05) is 11.6 Å². The van der Waals surface area contributed by atoms with Crippen LogP contribution in [0.15, 0.2) is 48.8 Å². The van der Waals surface area contributed by atoms with Crippen molar-refractivity contribution in [3.8, 4) is 28.1 Å². The van der Waals surface area contributed by atoms with E-state index < -0.39 is 95.9 Å². The van der Waals surface area contributed by atoms with Crippen molar-refractivity contribution in [2.75, 3.05) is 25.1 Å². The highest BCUT2D eigenvalue weighted by Gasteiger charge is 2.46. The number of ether oxygens (including phenoxy) is 2. The molecule has 1 N–H and O–H groups in total. The standard InChI is InChI=1S/C34H26F9N5O5/c1-15-4-17(6-18(5-15)33(38,39)40)28-16(2)48(31(51)53-28)12-26-21(10-45-30(46-26)47-13-32(36,37)14-47)19-7-20(24(35)9-27(19)52-3)25-8-23(34(41,42)43)22(11-44-25)29(49)50/h4-11,16,28H,12-14H2,1-3H3,(H,49,50)/t16-,28-/m0/s1. The Kier molecular flexibility index (Phi) is 9.18.